The van der Waals surface area contributed by atoms with E-state index in [-0.39, 0.29) is 17.1 Å². The first-order valence-corrected chi connectivity index (χ1v) is 7.67. The lowest BCUT2D eigenvalue weighted by atomic mass is 9.75. The second-order valence-electron chi connectivity index (χ2n) is 6.78. The van der Waals surface area contributed by atoms with E-state index >= 15 is 0 Å². The fraction of sp³-hybridized carbons (Fsp3) is 0.688. The summed E-state index contributed by atoms with van der Waals surface area (Å²) in [5.74, 6) is -0.192. The van der Waals surface area contributed by atoms with Crippen LogP contribution in [0.5, 0.6) is 0 Å². The van der Waals surface area contributed by atoms with E-state index in [1.165, 1.54) is 0 Å². The molecule has 1 aromatic rings. The zero-order valence-electron chi connectivity index (χ0n) is 13.3. The molecule has 0 atom stereocenters. The summed E-state index contributed by atoms with van der Waals surface area (Å²) < 4.78 is 27.6. The van der Waals surface area contributed by atoms with Crippen LogP contribution in [0, 0.1) is 23.0 Å². The minimum Gasteiger partial charge on any atom is -0.368 e. The lowest BCUT2D eigenvalue weighted by Crippen LogP contribution is -2.39. The van der Waals surface area contributed by atoms with Gasteiger partial charge in [-0.15, -0.1) is 0 Å². The molecule has 1 fully saturated rings. The Morgan fingerprint density at radius 1 is 1.24 bits per heavy atom. The molecule has 0 amide bonds. The van der Waals surface area contributed by atoms with Crippen LogP contribution in [-0.4, -0.2) is 24.6 Å². The highest BCUT2D eigenvalue weighted by Gasteiger charge is 2.30. The Morgan fingerprint density at radius 2 is 1.86 bits per heavy atom. The second kappa shape index (κ2) is 6.16. The Kier molecular flexibility index (Phi) is 4.69. The minimum atomic E-state index is -0.636. The number of nitrogens with one attached hydrogen (secondary N) is 1. The predicted octanol–water partition coefficient (Wildman–Crippen LogP) is 4.05. The Hall–Kier alpha value is -1.39. The van der Waals surface area contributed by atoms with Crippen molar-refractivity contribution in [2.24, 2.45) is 11.3 Å². The fourth-order valence-electron chi connectivity index (χ4n) is 2.93. The van der Waals surface area contributed by atoms with E-state index in [9.17, 15) is 8.78 Å². The minimum absolute atomic E-state index is 0.131. The van der Waals surface area contributed by atoms with E-state index in [0.717, 1.165) is 32.0 Å². The molecule has 2 heterocycles. The summed E-state index contributed by atoms with van der Waals surface area (Å²) in [7, 11) is 0. The molecule has 2 rings (SSSR count). The van der Waals surface area contributed by atoms with Crippen LogP contribution in [0.3, 0.4) is 0 Å². The molecule has 0 spiro atoms. The van der Waals surface area contributed by atoms with Gasteiger partial charge < -0.3 is 10.2 Å². The maximum atomic E-state index is 14.0. The van der Waals surface area contributed by atoms with Gasteiger partial charge in [-0.2, -0.15) is 0 Å². The standard InChI is InChI=1S/C16H25F2N3/c1-5-19-14-12(17)10-13(18)15(20-14)21-8-6-11(7-9-21)16(2,3)4/h10-11H,5-9H2,1-4H3,(H,19,20). The molecule has 0 radical (unpaired) electrons. The molecule has 3 nitrogen and oxygen atoms in total. The summed E-state index contributed by atoms with van der Waals surface area (Å²) in [6, 6.07) is 0.927. The molecule has 0 aromatic carbocycles. The number of nitrogens with zero attached hydrogens (tertiary/aromatic N) is 2. The summed E-state index contributed by atoms with van der Waals surface area (Å²) in [4.78, 5) is 6.07. The maximum absolute atomic E-state index is 14.0. The van der Waals surface area contributed by atoms with Crippen molar-refractivity contribution < 1.29 is 8.78 Å². The number of hydrogen-bond donors (Lipinski definition) is 1. The Morgan fingerprint density at radius 3 is 2.38 bits per heavy atom. The van der Waals surface area contributed by atoms with E-state index in [0.29, 0.717) is 12.5 Å². The third-order valence-corrected chi connectivity index (χ3v) is 4.27. The summed E-state index contributed by atoms with van der Waals surface area (Å²) in [5.41, 5.74) is 0.274. The van der Waals surface area contributed by atoms with Gasteiger partial charge in [0, 0.05) is 25.7 Å². The van der Waals surface area contributed by atoms with Gasteiger partial charge in [-0.3, -0.25) is 0 Å². The van der Waals surface area contributed by atoms with Crippen LogP contribution in [-0.2, 0) is 0 Å². The van der Waals surface area contributed by atoms with Crippen LogP contribution in [0.1, 0.15) is 40.5 Å². The first-order valence-electron chi connectivity index (χ1n) is 7.67. The average Bonchev–Trinajstić information content (AvgIpc) is 2.41. The molecule has 21 heavy (non-hydrogen) atoms. The van der Waals surface area contributed by atoms with Gasteiger partial charge in [0.2, 0.25) is 0 Å². The molecule has 0 bridgehead atoms. The highest BCUT2D eigenvalue weighted by molar-refractivity contribution is 5.49. The lowest BCUT2D eigenvalue weighted by molar-refractivity contribution is 0.198. The molecule has 0 unspecified atom stereocenters. The number of rotatable bonds is 3. The van der Waals surface area contributed by atoms with Crippen molar-refractivity contribution in [1.82, 2.24) is 4.98 Å². The van der Waals surface area contributed by atoms with Gasteiger partial charge in [-0.05, 0) is 31.1 Å². The second-order valence-corrected chi connectivity index (χ2v) is 6.78. The number of anilines is 2. The molecule has 1 N–H and O–H groups in total. The molecule has 5 heteroatoms. The summed E-state index contributed by atoms with van der Waals surface area (Å²) in [6.07, 6.45) is 2.02. The van der Waals surface area contributed by atoms with Gasteiger partial charge in [0.15, 0.2) is 23.3 Å². The monoisotopic (exact) mass is 297 g/mol. The molecule has 1 aliphatic heterocycles. The molecule has 1 aliphatic rings. The number of pyridine rings is 1. The fourth-order valence-corrected chi connectivity index (χ4v) is 2.93. The van der Waals surface area contributed by atoms with Gasteiger partial charge in [-0.1, -0.05) is 20.8 Å². The van der Waals surface area contributed by atoms with Gasteiger partial charge in [-0.25, -0.2) is 13.8 Å². The van der Waals surface area contributed by atoms with E-state index in [1.54, 1.807) is 0 Å². The molecular formula is C16H25F2N3. The number of aromatic nitrogens is 1. The molecule has 118 valence electrons. The number of piperidine rings is 1. The van der Waals surface area contributed by atoms with Crippen molar-refractivity contribution in [3.05, 3.63) is 17.7 Å². The van der Waals surface area contributed by atoms with Crippen molar-refractivity contribution in [3.8, 4) is 0 Å². The van der Waals surface area contributed by atoms with Crippen molar-refractivity contribution in [2.45, 2.75) is 40.5 Å². The van der Waals surface area contributed by atoms with Gasteiger partial charge in [0.05, 0.1) is 0 Å². The quantitative estimate of drug-likeness (QED) is 0.912. The lowest BCUT2D eigenvalue weighted by Gasteiger charge is -2.39. The van der Waals surface area contributed by atoms with Gasteiger partial charge >= 0.3 is 0 Å². The van der Waals surface area contributed by atoms with E-state index in [1.807, 2.05) is 11.8 Å². The van der Waals surface area contributed by atoms with Gasteiger partial charge in [0.25, 0.3) is 0 Å². The topological polar surface area (TPSA) is 28.2 Å². The van der Waals surface area contributed by atoms with Crippen LogP contribution in [0.15, 0.2) is 6.07 Å². The summed E-state index contributed by atoms with van der Waals surface area (Å²) >= 11 is 0. The zero-order valence-corrected chi connectivity index (χ0v) is 13.3. The van der Waals surface area contributed by atoms with Crippen molar-refractivity contribution >= 4 is 11.6 Å². The number of hydrogen-bond acceptors (Lipinski definition) is 3. The Bertz CT molecular complexity index is 489. The first-order chi connectivity index (χ1) is 9.82. The van der Waals surface area contributed by atoms with Crippen molar-refractivity contribution in [2.75, 3.05) is 29.9 Å². The van der Waals surface area contributed by atoms with Crippen molar-refractivity contribution in [3.63, 3.8) is 0 Å². The van der Waals surface area contributed by atoms with E-state index in [4.69, 9.17) is 0 Å². The number of halogens is 2. The largest absolute Gasteiger partial charge is 0.368 e. The molecule has 1 saturated heterocycles. The van der Waals surface area contributed by atoms with Gasteiger partial charge in [0.1, 0.15) is 0 Å². The van der Waals surface area contributed by atoms with Crippen LogP contribution >= 0.6 is 0 Å². The molecular weight excluding hydrogens is 272 g/mol. The third-order valence-electron chi connectivity index (χ3n) is 4.27. The highest BCUT2D eigenvalue weighted by atomic mass is 19.1. The van der Waals surface area contributed by atoms with E-state index < -0.39 is 11.6 Å². The van der Waals surface area contributed by atoms with Crippen LogP contribution in [0.4, 0.5) is 20.4 Å². The van der Waals surface area contributed by atoms with Crippen LogP contribution in [0.2, 0.25) is 0 Å². The smallest absolute Gasteiger partial charge is 0.168 e. The molecule has 0 saturated carbocycles. The maximum Gasteiger partial charge on any atom is 0.168 e. The van der Waals surface area contributed by atoms with Crippen LogP contribution < -0.4 is 10.2 Å². The Labute approximate surface area is 125 Å². The van der Waals surface area contributed by atoms with Crippen molar-refractivity contribution in [1.29, 1.82) is 0 Å². The zero-order chi connectivity index (χ0) is 15.6. The summed E-state index contributed by atoms with van der Waals surface area (Å²) in [5, 5.41) is 2.84. The molecule has 0 aliphatic carbocycles. The van der Waals surface area contributed by atoms with E-state index in [2.05, 4.69) is 31.1 Å². The summed E-state index contributed by atoms with van der Waals surface area (Å²) in [6.45, 7) is 10.7. The predicted molar refractivity (Wildman–Crippen MR) is 82.7 cm³/mol. The third kappa shape index (κ3) is 3.63. The first kappa shape index (κ1) is 16.0. The highest BCUT2D eigenvalue weighted by Crippen LogP contribution is 2.36. The molecule has 1 aromatic heterocycles. The van der Waals surface area contributed by atoms with Crippen LogP contribution in [0.25, 0.3) is 0 Å². The normalized spacial score (nSPS) is 17.1. The Balaban J connectivity index is 2.15. The SMILES string of the molecule is CCNc1nc(N2CCC(C(C)(C)C)CC2)c(F)cc1F. The average molecular weight is 297 g/mol.